The monoisotopic (exact) mass is 431 g/mol. The van der Waals surface area contributed by atoms with Gasteiger partial charge in [0.25, 0.3) is 0 Å². The van der Waals surface area contributed by atoms with Crippen molar-refractivity contribution in [3.8, 4) is 23.1 Å². The molecule has 1 atom stereocenters. The fourth-order valence-electron chi connectivity index (χ4n) is 3.75. The molecule has 2 aromatic heterocycles. The Balaban J connectivity index is 1.37. The Hall–Kier alpha value is -2.85. The predicted octanol–water partition coefficient (Wildman–Crippen LogP) is 2.98. The number of fused-ring (bicyclic) bond motifs is 1. The third-order valence-electron chi connectivity index (χ3n) is 5.29. The maximum Gasteiger partial charge on any atom is 0.243 e. The molecule has 158 valence electrons. The summed E-state index contributed by atoms with van der Waals surface area (Å²) >= 11 is 0. The number of aromatic nitrogens is 2. The van der Waals surface area contributed by atoms with E-state index in [2.05, 4.69) is 10.1 Å². The van der Waals surface area contributed by atoms with Crippen molar-refractivity contribution >= 4 is 10.0 Å². The van der Waals surface area contributed by atoms with Crippen LogP contribution in [0.4, 0.5) is 0 Å². The summed E-state index contributed by atoms with van der Waals surface area (Å²) in [6.45, 7) is 3.40. The Kier molecular flexibility index (Phi) is 4.75. The summed E-state index contributed by atoms with van der Waals surface area (Å²) in [6.07, 6.45) is 1.47. The van der Waals surface area contributed by atoms with E-state index in [1.807, 2.05) is 13.0 Å². The molecule has 0 aliphatic carbocycles. The van der Waals surface area contributed by atoms with Gasteiger partial charge in [-0.05, 0) is 44.0 Å². The molecule has 30 heavy (non-hydrogen) atoms. The first kappa shape index (κ1) is 19.1. The minimum absolute atomic E-state index is 0.178. The minimum atomic E-state index is -3.69. The number of ether oxygens (including phenoxy) is 2. The highest BCUT2D eigenvalue weighted by atomic mass is 32.2. The third-order valence-corrected chi connectivity index (χ3v) is 7.15. The molecule has 3 aromatic rings. The van der Waals surface area contributed by atoms with Crippen LogP contribution in [-0.4, -0.2) is 49.2 Å². The lowest BCUT2D eigenvalue weighted by Gasteiger charge is -2.30. The van der Waals surface area contributed by atoms with E-state index in [1.165, 1.54) is 10.4 Å². The summed E-state index contributed by atoms with van der Waals surface area (Å²) in [4.78, 5) is 4.62. The lowest BCUT2D eigenvalue weighted by Crippen LogP contribution is -2.39. The van der Waals surface area contributed by atoms with Crippen LogP contribution in [0.15, 0.2) is 44.2 Å². The van der Waals surface area contributed by atoms with Crippen LogP contribution in [0.25, 0.3) is 11.6 Å². The maximum absolute atomic E-state index is 13.2. The van der Waals surface area contributed by atoms with Gasteiger partial charge in [-0.3, -0.25) is 0 Å². The highest BCUT2D eigenvalue weighted by Gasteiger charge is 2.34. The normalized spacial score (nSPS) is 19.7. The first-order valence-corrected chi connectivity index (χ1v) is 11.2. The quantitative estimate of drug-likeness (QED) is 0.620. The number of aryl methyl sites for hydroxylation is 1. The van der Waals surface area contributed by atoms with Gasteiger partial charge < -0.3 is 18.4 Å². The molecule has 1 fully saturated rings. The second-order valence-electron chi connectivity index (χ2n) is 7.37. The van der Waals surface area contributed by atoms with E-state index in [0.29, 0.717) is 55.2 Å². The van der Waals surface area contributed by atoms with Crippen molar-refractivity contribution < 1.29 is 26.8 Å². The molecule has 0 bridgehead atoms. The first-order chi connectivity index (χ1) is 14.5. The Bertz CT molecular complexity index is 1170. The molecular weight excluding hydrogens is 410 g/mol. The van der Waals surface area contributed by atoms with Crippen LogP contribution in [0.5, 0.6) is 11.5 Å². The van der Waals surface area contributed by atoms with Crippen molar-refractivity contribution in [3.05, 3.63) is 42.0 Å². The summed E-state index contributed by atoms with van der Waals surface area (Å²) in [5, 5.41) is 3.99. The molecule has 0 amide bonds. The van der Waals surface area contributed by atoms with Crippen LogP contribution in [-0.2, 0) is 10.0 Å². The smallest absolute Gasteiger partial charge is 0.243 e. The summed E-state index contributed by atoms with van der Waals surface area (Å²) in [7, 11) is -3.69. The number of benzene rings is 1. The second-order valence-corrected chi connectivity index (χ2v) is 9.31. The molecule has 1 aromatic carbocycles. The molecule has 9 nitrogen and oxygen atoms in total. The van der Waals surface area contributed by atoms with Gasteiger partial charge in [0.15, 0.2) is 17.3 Å². The van der Waals surface area contributed by atoms with Crippen LogP contribution >= 0.6 is 0 Å². The Morgan fingerprint density at radius 1 is 1.10 bits per heavy atom. The van der Waals surface area contributed by atoms with Gasteiger partial charge in [-0.2, -0.15) is 9.29 Å². The lowest BCUT2D eigenvalue weighted by atomic mass is 10.00. The predicted molar refractivity (Wildman–Crippen MR) is 105 cm³/mol. The van der Waals surface area contributed by atoms with E-state index in [4.69, 9.17) is 18.4 Å². The SMILES string of the molecule is Cc1ccc(-c2noc(C3CCCN(S(=O)(=O)c4ccc5c(c4)OCCO5)C3)n2)o1. The van der Waals surface area contributed by atoms with Gasteiger partial charge in [-0.15, -0.1) is 0 Å². The minimum Gasteiger partial charge on any atom is -0.486 e. The Labute approximate surface area is 173 Å². The van der Waals surface area contributed by atoms with Crippen LogP contribution in [0.1, 0.15) is 30.4 Å². The number of nitrogens with zero attached hydrogens (tertiary/aromatic N) is 3. The van der Waals surface area contributed by atoms with Crippen LogP contribution in [0.2, 0.25) is 0 Å². The average Bonchev–Trinajstić information content (AvgIpc) is 3.43. The van der Waals surface area contributed by atoms with E-state index >= 15 is 0 Å². The summed E-state index contributed by atoms with van der Waals surface area (Å²) in [5.41, 5.74) is 0. The van der Waals surface area contributed by atoms with Gasteiger partial charge in [0, 0.05) is 19.2 Å². The third kappa shape index (κ3) is 3.46. The zero-order valence-electron chi connectivity index (χ0n) is 16.4. The van der Waals surface area contributed by atoms with Crippen molar-refractivity contribution in [2.45, 2.75) is 30.6 Å². The molecule has 0 N–H and O–H groups in total. The van der Waals surface area contributed by atoms with E-state index < -0.39 is 10.0 Å². The lowest BCUT2D eigenvalue weighted by molar-refractivity contribution is 0.171. The molecule has 10 heteroatoms. The van der Waals surface area contributed by atoms with Gasteiger partial charge in [0.1, 0.15) is 19.0 Å². The van der Waals surface area contributed by atoms with E-state index in [1.54, 1.807) is 18.2 Å². The van der Waals surface area contributed by atoms with Crippen LogP contribution in [0, 0.1) is 6.92 Å². The maximum atomic E-state index is 13.2. The first-order valence-electron chi connectivity index (χ1n) is 9.81. The molecule has 1 saturated heterocycles. The summed E-state index contributed by atoms with van der Waals surface area (Å²) in [5.74, 6) is 2.90. The topological polar surface area (TPSA) is 108 Å². The molecular formula is C20H21N3O6S. The number of piperidine rings is 1. The van der Waals surface area contributed by atoms with Crippen molar-refractivity contribution in [2.75, 3.05) is 26.3 Å². The zero-order chi connectivity index (χ0) is 20.7. The average molecular weight is 431 g/mol. The van der Waals surface area contributed by atoms with Gasteiger partial charge in [-0.1, -0.05) is 5.16 Å². The van der Waals surface area contributed by atoms with E-state index in [-0.39, 0.29) is 17.4 Å². The molecule has 2 aliphatic rings. The fraction of sp³-hybridized carbons (Fsp3) is 0.400. The van der Waals surface area contributed by atoms with E-state index in [0.717, 1.165) is 12.2 Å². The highest BCUT2D eigenvalue weighted by Crippen LogP contribution is 2.35. The second kappa shape index (κ2) is 7.44. The fourth-order valence-corrected chi connectivity index (χ4v) is 5.29. The number of hydrogen-bond donors (Lipinski definition) is 0. The standard InChI is InChI=1S/C20H21N3O6S/c1-13-4-6-17(28-13)19-21-20(29-22-19)14-3-2-8-23(12-14)30(24,25)15-5-7-16-18(11-15)27-10-9-26-16/h4-7,11,14H,2-3,8-10,12H2,1H3. The molecule has 5 rings (SSSR count). The highest BCUT2D eigenvalue weighted by molar-refractivity contribution is 7.89. The van der Waals surface area contributed by atoms with E-state index in [9.17, 15) is 8.42 Å². The van der Waals surface area contributed by atoms with Crippen molar-refractivity contribution in [1.29, 1.82) is 0 Å². The molecule has 0 saturated carbocycles. The van der Waals surface area contributed by atoms with Gasteiger partial charge in [0.2, 0.25) is 21.7 Å². The molecule has 4 heterocycles. The van der Waals surface area contributed by atoms with Crippen molar-refractivity contribution in [3.63, 3.8) is 0 Å². The van der Waals surface area contributed by atoms with Gasteiger partial charge >= 0.3 is 0 Å². The van der Waals surface area contributed by atoms with Crippen LogP contribution < -0.4 is 9.47 Å². The molecule has 0 spiro atoms. The zero-order valence-corrected chi connectivity index (χ0v) is 17.2. The molecule has 1 unspecified atom stereocenters. The Morgan fingerprint density at radius 3 is 2.73 bits per heavy atom. The number of sulfonamides is 1. The number of rotatable bonds is 4. The number of furan rings is 1. The van der Waals surface area contributed by atoms with Gasteiger partial charge in [-0.25, -0.2) is 8.42 Å². The Morgan fingerprint density at radius 2 is 1.93 bits per heavy atom. The largest absolute Gasteiger partial charge is 0.486 e. The summed E-state index contributed by atoms with van der Waals surface area (Å²) in [6, 6.07) is 8.32. The van der Waals surface area contributed by atoms with Crippen molar-refractivity contribution in [1.82, 2.24) is 14.4 Å². The van der Waals surface area contributed by atoms with Gasteiger partial charge in [0.05, 0.1) is 10.8 Å². The summed E-state index contributed by atoms with van der Waals surface area (Å²) < 4.78 is 49.9. The molecule has 2 aliphatic heterocycles. The van der Waals surface area contributed by atoms with Crippen LogP contribution in [0.3, 0.4) is 0 Å². The van der Waals surface area contributed by atoms with Crippen molar-refractivity contribution in [2.24, 2.45) is 0 Å². The number of hydrogen-bond acceptors (Lipinski definition) is 8. The molecule has 0 radical (unpaired) electrons.